The molecular formula is C13H12F3NOS. The Morgan fingerprint density at radius 3 is 2.37 bits per heavy atom. The molecule has 0 fully saturated rings. The van der Waals surface area contributed by atoms with Gasteiger partial charge in [0.25, 0.3) is 0 Å². The summed E-state index contributed by atoms with van der Waals surface area (Å²) in [6, 6.07) is 9.34. The lowest BCUT2D eigenvalue weighted by molar-refractivity contribution is -0.274. The molecule has 0 bridgehead atoms. The molecule has 19 heavy (non-hydrogen) atoms. The van der Waals surface area contributed by atoms with E-state index in [9.17, 15) is 13.2 Å². The van der Waals surface area contributed by atoms with Crippen molar-refractivity contribution >= 4 is 11.3 Å². The summed E-state index contributed by atoms with van der Waals surface area (Å²) in [6.07, 6.45) is -4.00. The van der Waals surface area contributed by atoms with Crippen LogP contribution in [0.2, 0.25) is 0 Å². The molecule has 1 aromatic heterocycles. The molecule has 0 radical (unpaired) electrons. The van der Waals surface area contributed by atoms with Crippen molar-refractivity contribution in [3.8, 4) is 5.75 Å². The molecule has 6 heteroatoms. The minimum atomic E-state index is -4.67. The molecule has 0 saturated carbocycles. The first kappa shape index (κ1) is 13.9. The van der Waals surface area contributed by atoms with Gasteiger partial charge in [-0.15, -0.1) is 24.5 Å². The number of benzene rings is 1. The molecule has 102 valence electrons. The SMILES string of the molecule is NC(Cc1cccs1)c1ccc(OC(F)(F)F)cc1. The summed E-state index contributed by atoms with van der Waals surface area (Å²) in [6.45, 7) is 0. The largest absolute Gasteiger partial charge is 0.573 e. The van der Waals surface area contributed by atoms with Crippen molar-refractivity contribution in [1.82, 2.24) is 0 Å². The second-order valence-electron chi connectivity index (χ2n) is 4.01. The van der Waals surface area contributed by atoms with E-state index in [1.165, 1.54) is 12.1 Å². The molecule has 0 aliphatic heterocycles. The first-order valence-corrected chi connectivity index (χ1v) is 6.46. The lowest BCUT2D eigenvalue weighted by atomic mass is 10.0. The lowest BCUT2D eigenvalue weighted by Crippen LogP contribution is -2.17. The average molecular weight is 287 g/mol. The van der Waals surface area contributed by atoms with E-state index in [2.05, 4.69) is 4.74 Å². The van der Waals surface area contributed by atoms with Crippen molar-refractivity contribution in [3.05, 3.63) is 52.2 Å². The molecule has 0 saturated heterocycles. The maximum absolute atomic E-state index is 12.0. The fourth-order valence-corrected chi connectivity index (χ4v) is 2.44. The number of ether oxygens (including phenoxy) is 1. The number of alkyl halides is 3. The number of hydrogen-bond donors (Lipinski definition) is 1. The third-order valence-corrected chi connectivity index (χ3v) is 3.44. The van der Waals surface area contributed by atoms with E-state index in [1.807, 2.05) is 17.5 Å². The Balaban J connectivity index is 2.01. The Morgan fingerprint density at radius 1 is 1.16 bits per heavy atom. The minimum absolute atomic E-state index is 0.237. The Kier molecular flexibility index (Phi) is 4.11. The number of halogens is 3. The van der Waals surface area contributed by atoms with Gasteiger partial charge in [0.15, 0.2) is 0 Å². The quantitative estimate of drug-likeness (QED) is 0.926. The highest BCUT2D eigenvalue weighted by atomic mass is 32.1. The summed E-state index contributed by atoms with van der Waals surface area (Å²) in [7, 11) is 0. The molecule has 1 unspecified atom stereocenters. The normalized spacial score (nSPS) is 13.3. The van der Waals surface area contributed by atoms with E-state index in [4.69, 9.17) is 5.73 Å². The van der Waals surface area contributed by atoms with Crippen molar-refractivity contribution in [2.75, 3.05) is 0 Å². The Bertz CT molecular complexity index is 508. The minimum Gasteiger partial charge on any atom is -0.406 e. The van der Waals surface area contributed by atoms with Gasteiger partial charge in [-0.05, 0) is 29.1 Å². The van der Waals surface area contributed by atoms with Crippen LogP contribution in [0.1, 0.15) is 16.5 Å². The maximum atomic E-state index is 12.0. The molecule has 0 spiro atoms. The van der Waals surface area contributed by atoms with Gasteiger partial charge in [-0.1, -0.05) is 18.2 Å². The van der Waals surface area contributed by atoms with Gasteiger partial charge >= 0.3 is 6.36 Å². The van der Waals surface area contributed by atoms with E-state index >= 15 is 0 Å². The van der Waals surface area contributed by atoms with Crippen LogP contribution in [0, 0.1) is 0 Å². The molecule has 0 amide bonds. The van der Waals surface area contributed by atoms with Crippen LogP contribution in [-0.4, -0.2) is 6.36 Å². The number of nitrogens with two attached hydrogens (primary N) is 1. The van der Waals surface area contributed by atoms with Gasteiger partial charge in [0, 0.05) is 17.3 Å². The van der Waals surface area contributed by atoms with Crippen molar-refractivity contribution in [2.24, 2.45) is 5.73 Å². The highest BCUT2D eigenvalue weighted by Gasteiger charge is 2.31. The van der Waals surface area contributed by atoms with E-state index < -0.39 is 6.36 Å². The molecule has 2 rings (SSSR count). The van der Waals surface area contributed by atoms with Crippen molar-refractivity contribution in [2.45, 2.75) is 18.8 Å². The topological polar surface area (TPSA) is 35.2 Å². The van der Waals surface area contributed by atoms with Gasteiger partial charge in [0.05, 0.1) is 0 Å². The zero-order valence-corrected chi connectivity index (χ0v) is 10.7. The summed E-state index contributed by atoms with van der Waals surface area (Å²) in [4.78, 5) is 1.14. The molecule has 0 aliphatic carbocycles. The predicted molar refractivity (Wildman–Crippen MR) is 68.1 cm³/mol. The van der Waals surface area contributed by atoms with E-state index in [-0.39, 0.29) is 11.8 Å². The number of rotatable bonds is 4. The Hall–Kier alpha value is -1.53. The molecular weight excluding hydrogens is 275 g/mol. The van der Waals surface area contributed by atoms with Crippen LogP contribution < -0.4 is 10.5 Å². The molecule has 2 aromatic rings. The van der Waals surface area contributed by atoms with E-state index in [0.29, 0.717) is 6.42 Å². The van der Waals surface area contributed by atoms with Gasteiger partial charge in [-0.3, -0.25) is 0 Å². The second kappa shape index (κ2) is 5.63. The highest BCUT2D eigenvalue weighted by molar-refractivity contribution is 7.09. The van der Waals surface area contributed by atoms with Crippen LogP contribution >= 0.6 is 11.3 Å². The van der Waals surface area contributed by atoms with Gasteiger partial charge in [0.2, 0.25) is 0 Å². The predicted octanol–water partition coefficient (Wildman–Crippen LogP) is 3.89. The van der Waals surface area contributed by atoms with Crippen LogP contribution in [0.5, 0.6) is 5.75 Å². The highest BCUT2D eigenvalue weighted by Crippen LogP contribution is 2.25. The average Bonchev–Trinajstić information content (AvgIpc) is 2.80. The summed E-state index contributed by atoms with van der Waals surface area (Å²) < 4.78 is 39.8. The number of thiophene rings is 1. The van der Waals surface area contributed by atoms with E-state index in [1.54, 1.807) is 23.5 Å². The third-order valence-electron chi connectivity index (χ3n) is 2.54. The second-order valence-corrected chi connectivity index (χ2v) is 5.04. The molecule has 0 aliphatic rings. The molecule has 1 heterocycles. The molecule has 1 aromatic carbocycles. The Morgan fingerprint density at radius 2 is 1.84 bits per heavy atom. The fraction of sp³-hybridized carbons (Fsp3) is 0.231. The van der Waals surface area contributed by atoms with Crippen molar-refractivity contribution < 1.29 is 17.9 Å². The first-order chi connectivity index (χ1) is 8.94. The monoisotopic (exact) mass is 287 g/mol. The van der Waals surface area contributed by atoms with Crippen molar-refractivity contribution in [1.29, 1.82) is 0 Å². The zero-order valence-electron chi connectivity index (χ0n) is 9.85. The fourth-order valence-electron chi connectivity index (χ4n) is 1.68. The molecule has 1 atom stereocenters. The van der Waals surface area contributed by atoms with Gasteiger partial charge in [-0.2, -0.15) is 0 Å². The summed E-state index contributed by atoms with van der Waals surface area (Å²) >= 11 is 1.60. The van der Waals surface area contributed by atoms with Crippen molar-refractivity contribution in [3.63, 3.8) is 0 Å². The summed E-state index contributed by atoms with van der Waals surface area (Å²) in [5.41, 5.74) is 6.79. The maximum Gasteiger partial charge on any atom is 0.573 e. The molecule has 2 N–H and O–H groups in total. The van der Waals surface area contributed by atoms with Crippen LogP contribution in [0.25, 0.3) is 0 Å². The number of hydrogen-bond acceptors (Lipinski definition) is 3. The van der Waals surface area contributed by atoms with Crippen LogP contribution in [0.4, 0.5) is 13.2 Å². The zero-order chi connectivity index (χ0) is 13.9. The smallest absolute Gasteiger partial charge is 0.406 e. The molecule has 2 nitrogen and oxygen atoms in total. The standard InChI is InChI=1S/C13H12F3NOS/c14-13(15,16)18-10-5-3-9(4-6-10)12(17)8-11-2-1-7-19-11/h1-7,12H,8,17H2. The third kappa shape index (κ3) is 4.25. The van der Waals surface area contributed by atoms with Crippen LogP contribution in [-0.2, 0) is 6.42 Å². The van der Waals surface area contributed by atoms with Crippen LogP contribution in [0.3, 0.4) is 0 Å². The Labute approximate surface area is 112 Å². The van der Waals surface area contributed by atoms with Crippen LogP contribution in [0.15, 0.2) is 41.8 Å². The summed E-state index contributed by atoms with van der Waals surface area (Å²) in [5, 5.41) is 1.96. The first-order valence-electron chi connectivity index (χ1n) is 5.58. The van der Waals surface area contributed by atoms with Gasteiger partial charge in [-0.25, -0.2) is 0 Å². The summed E-state index contributed by atoms with van der Waals surface area (Å²) in [5.74, 6) is -0.237. The van der Waals surface area contributed by atoms with Gasteiger partial charge < -0.3 is 10.5 Å². The lowest BCUT2D eigenvalue weighted by Gasteiger charge is -2.13. The van der Waals surface area contributed by atoms with Gasteiger partial charge in [0.1, 0.15) is 5.75 Å². The van der Waals surface area contributed by atoms with E-state index in [0.717, 1.165) is 10.4 Å².